The molecule has 1 fully saturated rings. The lowest BCUT2D eigenvalue weighted by Crippen LogP contribution is -2.26. The van der Waals surface area contributed by atoms with Gasteiger partial charge in [0.05, 0.1) is 11.4 Å². The zero-order valence-electron chi connectivity index (χ0n) is 22.1. The van der Waals surface area contributed by atoms with Crippen LogP contribution in [-0.4, -0.2) is 18.0 Å². The Morgan fingerprint density at radius 1 is 0.568 bits per heavy atom. The van der Waals surface area contributed by atoms with Crippen molar-refractivity contribution in [3.8, 4) is 0 Å². The van der Waals surface area contributed by atoms with Crippen molar-refractivity contribution in [2.45, 2.75) is 93.5 Å². The second-order valence-corrected chi connectivity index (χ2v) is 12.8. The highest BCUT2D eigenvalue weighted by atomic mass is 79.9. The number of halogens is 1. The van der Waals surface area contributed by atoms with Crippen LogP contribution >= 0.6 is 27.7 Å². The Labute approximate surface area is 237 Å². The second kappa shape index (κ2) is 13.9. The molecular weight excluding hydrogens is 536 g/mol. The molecule has 196 valence electrons. The van der Waals surface area contributed by atoms with Gasteiger partial charge < -0.3 is 4.90 Å². The Bertz CT molecular complexity index is 1090. The summed E-state index contributed by atoms with van der Waals surface area (Å²) in [6, 6.07) is 24.7. The van der Waals surface area contributed by atoms with Gasteiger partial charge >= 0.3 is 0 Å². The molecule has 2 aliphatic heterocycles. The maximum atomic E-state index is 3.85. The molecule has 2 heterocycles. The first-order valence-electron chi connectivity index (χ1n) is 14.4. The van der Waals surface area contributed by atoms with E-state index in [1.54, 1.807) is 0 Å². The van der Waals surface area contributed by atoms with Gasteiger partial charge in [0.2, 0.25) is 0 Å². The van der Waals surface area contributed by atoms with Crippen molar-refractivity contribution < 1.29 is 0 Å². The second-order valence-electron chi connectivity index (χ2n) is 10.8. The van der Waals surface area contributed by atoms with Crippen LogP contribution in [0.3, 0.4) is 0 Å². The van der Waals surface area contributed by atoms with Gasteiger partial charge in [0.25, 0.3) is 0 Å². The van der Waals surface area contributed by atoms with Gasteiger partial charge in [-0.1, -0.05) is 116 Å². The first kappa shape index (κ1) is 26.8. The first-order chi connectivity index (χ1) is 18.3. The molecule has 0 aliphatic carbocycles. The zero-order valence-corrected chi connectivity index (χ0v) is 24.5. The summed E-state index contributed by atoms with van der Waals surface area (Å²) in [5.74, 6) is 0. The minimum atomic E-state index is 0.876. The highest BCUT2D eigenvalue weighted by molar-refractivity contribution is 9.10. The van der Waals surface area contributed by atoms with Crippen LogP contribution < -0.4 is 4.90 Å². The maximum Gasteiger partial charge on any atom is 0.0556 e. The molecule has 0 radical (unpaired) electrons. The van der Waals surface area contributed by atoms with E-state index in [1.807, 2.05) is 11.8 Å². The number of hydrogen-bond acceptors (Lipinski definition) is 3. The fraction of sp³-hybridized carbons (Fsp3) is 0.455. The molecule has 0 saturated carbocycles. The molecule has 1 saturated heterocycles. The predicted octanol–water partition coefficient (Wildman–Crippen LogP) is 10.4. The topological polar surface area (TPSA) is 6.48 Å². The van der Waals surface area contributed by atoms with E-state index in [1.165, 1.54) is 120 Å². The maximum absolute atomic E-state index is 3.85. The zero-order chi connectivity index (χ0) is 25.3. The molecule has 4 heteroatoms. The molecule has 0 amide bonds. The Morgan fingerprint density at radius 3 is 1.57 bits per heavy atom. The van der Waals surface area contributed by atoms with E-state index in [9.17, 15) is 0 Å². The van der Waals surface area contributed by atoms with Gasteiger partial charge in [-0.05, 0) is 73.5 Å². The van der Waals surface area contributed by atoms with E-state index < -0.39 is 0 Å². The van der Waals surface area contributed by atoms with Crippen molar-refractivity contribution in [3.05, 3.63) is 82.3 Å². The molecule has 0 aromatic heterocycles. The van der Waals surface area contributed by atoms with E-state index >= 15 is 0 Å². The van der Waals surface area contributed by atoms with Crippen molar-refractivity contribution in [3.63, 3.8) is 0 Å². The summed E-state index contributed by atoms with van der Waals surface area (Å²) in [6.45, 7) is 4.38. The lowest BCUT2D eigenvalue weighted by Gasteiger charge is -2.33. The number of fused-ring (bicyclic) bond motifs is 2. The van der Waals surface area contributed by atoms with Crippen LogP contribution in [0.1, 0.15) is 81.8 Å². The molecule has 37 heavy (non-hydrogen) atoms. The Balaban J connectivity index is 1.31. The summed E-state index contributed by atoms with van der Waals surface area (Å²) in [5, 5.41) is 0. The van der Waals surface area contributed by atoms with Crippen LogP contribution in [0.15, 0.2) is 81.0 Å². The summed E-state index contributed by atoms with van der Waals surface area (Å²) >= 11 is 5.73. The van der Waals surface area contributed by atoms with Gasteiger partial charge in [-0.25, -0.2) is 0 Å². The minimum absolute atomic E-state index is 0.876. The Hall–Kier alpha value is -1.75. The lowest BCUT2D eigenvalue weighted by molar-refractivity contribution is 0.251. The third kappa shape index (κ3) is 7.65. The van der Waals surface area contributed by atoms with Crippen LogP contribution in [-0.2, 0) is 13.1 Å². The number of rotatable bonds is 4. The minimum Gasteiger partial charge on any atom is -0.335 e. The largest absolute Gasteiger partial charge is 0.335 e. The summed E-state index contributed by atoms with van der Waals surface area (Å²) in [4.78, 5) is 7.89. The van der Waals surface area contributed by atoms with Crippen molar-refractivity contribution in [2.24, 2.45) is 0 Å². The van der Waals surface area contributed by atoms with Crippen LogP contribution in [0.4, 0.5) is 11.4 Å². The standard InChI is InChI=1S/C33H41BrN2S/c34-29-23-27(25-35-20-14-8-6-4-2-1-3-5-7-9-15-21-35)22-28(24-29)26-36-30-16-10-12-18-32(30)37-33-19-13-11-17-31(33)36/h10-13,16-19,22-24H,1-9,14-15,20-21,25-26H2. The first-order valence-corrected chi connectivity index (χ1v) is 16.0. The molecule has 5 rings (SSSR count). The van der Waals surface area contributed by atoms with E-state index in [4.69, 9.17) is 0 Å². The summed E-state index contributed by atoms with van der Waals surface area (Å²) in [7, 11) is 0. The molecule has 0 atom stereocenters. The molecule has 2 nitrogen and oxygen atoms in total. The quantitative estimate of drug-likeness (QED) is 0.305. The number of benzene rings is 3. The van der Waals surface area contributed by atoms with Gasteiger partial charge in [0.15, 0.2) is 0 Å². The normalized spacial score (nSPS) is 18.0. The smallest absolute Gasteiger partial charge is 0.0556 e. The average molecular weight is 578 g/mol. The van der Waals surface area contributed by atoms with Gasteiger partial charge in [0, 0.05) is 27.4 Å². The van der Waals surface area contributed by atoms with Crippen molar-refractivity contribution in [1.82, 2.24) is 4.90 Å². The van der Waals surface area contributed by atoms with Gasteiger partial charge in [-0.3, -0.25) is 4.90 Å². The third-order valence-electron chi connectivity index (χ3n) is 7.74. The SMILES string of the molecule is Brc1cc(CN2CCCCCCCCCCCCC2)cc(CN2c3ccccc3Sc3ccccc32)c1. The van der Waals surface area contributed by atoms with E-state index in [0.29, 0.717) is 0 Å². The summed E-state index contributed by atoms with van der Waals surface area (Å²) in [6.07, 6.45) is 15.4. The summed E-state index contributed by atoms with van der Waals surface area (Å²) < 4.78 is 1.19. The fourth-order valence-electron chi connectivity index (χ4n) is 5.82. The number of nitrogens with zero attached hydrogens (tertiary/aromatic N) is 2. The van der Waals surface area contributed by atoms with Crippen LogP contribution in [0, 0.1) is 0 Å². The molecule has 0 bridgehead atoms. The Morgan fingerprint density at radius 2 is 1.03 bits per heavy atom. The van der Waals surface area contributed by atoms with Crippen LogP contribution in [0.5, 0.6) is 0 Å². The highest BCUT2D eigenvalue weighted by Gasteiger charge is 2.23. The Kier molecular flexibility index (Phi) is 10.1. The van der Waals surface area contributed by atoms with E-state index in [2.05, 4.69) is 92.5 Å². The fourth-order valence-corrected chi connectivity index (χ4v) is 7.51. The number of hydrogen-bond donors (Lipinski definition) is 0. The third-order valence-corrected chi connectivity index (χ3v) is 9.33. The summed E-state index contributed by atoms with van der Waals surface area (Å²) in [5.41, 5.74) is 5.41. The molecule has 0 N–H and O–H groups in total. The average Bonchev–Trinajstić information content (AvgIpc) is 2.90. The molecule has 0 unspecified atom stereocenters. The van der Waals surface area contributed by atoms with Gasteiger partial charge in [-0.2, -0.15) is 0 Å². The van der Waals surface area contributed by atoms with Crippen LogP contribution in [0.25, 0.3) is 0 Å². The monoisotopic (exact) mass is 576 g/mol. The molecular formula is C33H41BrN2S. The van der Waals surface area contributed by atoms with Crippen molar-refractivity contribution in [2.75, 3.05) is 18.0 Å². The van der Waals surface area contributed by atoms with E-state index in [-0.39, 0.29) is 0 Å². The van der Waals surface area contributed by atoms with Gasteiger partial charge in [-0.15, -0.1) is 0 Å². The number of anilines is 2. The number of para-hydroxylation sites is 2. The van der Waals surface area contributed by atoms with Crippen molar-refractivity contribution >= 4 is 39.1 Å². The van der Waals surface area contributed by atoms with Crippen molar-refractivity contribution in [1.29, 1.82) is 0 Å². The molecule has 2 aliphatic rings. The highest BCUT2D eigenvalue weighted by Crippen LogP contribution is 2.48. The lowest BCUT2D eigenvalue weighted by atomic mass is 10.0. The predicted molar refractivity (Wildman–Crippen MR) is 163 cm³/mol. The molecule has 3 aromatic carbocycles. The van der Waals surface area contributed by atoms with E-state index in [0.717, 1.165) is 13.1 Å². The molecule has 3 aromatic rings. The van der Waals surface area contributed by atoms with Gasteiger partial charge in [0.1, 0.15) is 0 Å². The van der Waals surface area contributed by atoms with Crippen LogP contribution in [0.2, 0.25) is 0 Å². The molecule has 0 spiro atoms.